The Bertz CT molecular complexity index is 1090. The maximum absolute atomic E-state index is 15.6. The van der Waals surface area contributed by atoms with Gasteiger partial charge >= 0.3 is 173 Å². The van der Waals surface area contributed by atoms with Gasteiger partial charge in [0, 0.05) is 31.1 Å². The molecule has 0 aromatic heterocycles. The second kappa shape index (κ2) is 11.7. The van der Waals surface area contributed by atoms with Gasteiger partial charge in [-0.05, 0) is 0 Å². The molecule has 0 bridgehead atoms. The van der Waals surface area contributed by atoms with E-state index in [9.17, 15) is 4.20 Å². The molecule has 0 radical (unpaired) electrons. The number of halogens is 3. The summed E-state index contributed by atoms with van der Waals surface area (Å²) in [6, 6.07) is 25.3. The third-order valence-corrected chi connectivity index (χ3v) is 14.0. The van der Waals surface area contributed by atoms with Crippen molar-refractivity contribution in [1.82, 2.24) is 0 Å². The number of hydrogen-bond acceptors (Lipinski definition) is 6. The van der Waals surface area contributed by atoms with Crippen LogP contribution in [-0.4, -0.2) is 0 Å². The molecule has 3 aromatic carbocycles. The van der Waals surface area contributed by atoms with Crippen molar-refractivity contribution in [2.24, 2.45) is 10.4 Å². The van der Waals surface area contributed by atoms with Gasteiger partial charge in [-0.25, -0.2) is 0 Å². The van der Waals surface area contributed by atoms with E-state index in [0.29, 0.717) is 11.5 Å². The Labute approximate surface area is 210 Å². The van der Waals surface area contributed by atoms with E-state index in [1.807, 2.05) is 0 Å². The van der Waals surface area contributed by atoms with Crippen LogP contribution in [0.25, 0.3) is 0 Å². The summed E-state index contributed by atoms with van der Waals surface area (Å²) < 4.78 is 58.9. The van der Waals surface area contributed by atoms with Crippen LogP contribution in [0.15, 0.2) is 101 Å². The third-order valence-electron chi connectivity index (χ3n) is 3.44. The van der Waals surface area contributed by atoms with E-state index in [0.717, 1.165) is 0 Å². The molecular formula is C19H19F2IN3O3P2U-. The number of nitrogens with zero attached hydrogens (tertiary/aromatic N) is 3. The normalized spacial score (nSPS) is 23.0. The minimum atomic E-state index is -5.27. The summed E-state index contributed by atoms with van der Waals surface area (Å²) in [5.41, 5.74) is 0. The number of benzene rings is 3. The summed E-state index contributed by atoms with van der Waals surface area (Å²) >= 11 is -5.27. The quantitative estimate of drug-likeness (QED) is 0.142. The Kier molecular flexibility index (Phi) is 9.91. The van der Waals surface area contributed by atoms with E-state index in [1.165, 1.54) is 0 Å². The van der Waals surface area contributed by atoms with E-state index < -0.39 is 35.4 Å². The minimum absolute atomic E-state index is 0. The van der Waals surface area contributed by atoms with Gasteiger partial charge in [0.2, 0.25) is 0 Å². The first-order valence-corrected chi connectivity index (χ1v) is 14.8. The first-order valence-electron chi connectivity index (χ1n) is 8.38. The van der Waals surface area contributed by atoms with Crippen LogP contribution >= 0.6 is 35.4 Å². The molecule has 2 atom stereocenters. The largest absolute Gasteiger partial charge is 0.358 e. The summed E-state index contributed by atoms with van der Waals surface area (Å²) in [4.78, 5) is 0. The molecule has 12 heteroatoms. The molecule has 31 heavy (non-hydrogen) atoms. The zero-order valence-electron chi connectivity index (χ0n) is 16.3. The standard InChI is InChI=1S/C18H16F2IN3O3P2.CH3.U/c19-21(25-16-10-4-1-5-11-16)22-28(20)24-29(23-21,26-17-12-6-2-7-13-17)27-18-14-8-3-9-15-18;;/h1-15,28H;1H3;/q;-1;. The van der Waals surface area contributed by atoms with Crippen molar-refractivity contribution in [3.8, 4) is 17.2 Å². The average molecular weight is 802 g/mol. The molecule has 0 spiro atoms. The predicted molar refractivity (Wildman–Crippen MR) is 126 cm³/mol. The maximum Gasteiger partial charge on any atom is 0 e. The van der Waals surface area contributed by atoms with E-state index >= 15 is 2.86 Å². The Hall–Kier alpha value is -1.04. The van der Waals surface area contributed by atoms with Crippen LogP contribution in [0.4, 0.5) is 7.06 Å². The van der Waals surface area contributed by atoms with Crippen LogP contribution in [0.5, 0.6) is 17.2 Å². The zero-order chi connectivity index (χ0) is 20.2. The average Bonchev–Trinajstić information content (AvgIpc) is 2.69. The Balaban J connectivity index is 0.00000171. The predicted octanol–water partition coefficient (Wildman–Crippen LogP) is 8.77. The van der Waals surface area contributed by atoms with Crippen LogP contribution in [0.3, 0.4) is 0 Å². The monoisotopic (exact) mass is 802 g/mol. The van der Waals surface area contributed by atoms with Crippen LogP contribution < -0.4 is 12.1 Å². The second-order valence-electron chi connectivity index (χ2n) is 5.62. The molecule has 3 aromatic rings. The minimum Gasteiger partial charge on any atom is -0.358 e. The van der Waals surface area contributed by atoms with Crippen molar-refractivity contribution >= 4 is 35.4 Å². The Morgan fingerprint density at radius 1 is 0.742 bits per heavy atom. The molecule has 0 saturated heterocycles. The van der Waals surface area contributed by atoms with E-state index in [-0.39, 0.29) is 44.3 Å². The molecule has 0 fully saturated rings. The van der Waals surface area contributed by atoms with Gasteiger partial charge in [-0.2, -0.15) is 0 Å². The van der Waals surface area contributed by atoms with E-state index in [1.54, 1.807) is 91.0 Å². The smallest absolute Gasteiger partial charge is 0 e. The van der Waals surface area contributed by atoms with Gasteiger partial charge in [0.15, 0.2) is 0 Å². The van der Waals surface area contributed by atoms with Crippen molar-refractivity contribution < 1.29 is 50.3 Å². The van der Waals surface area contributed by atoms with Gasteiger partial charge in [0.05, 0.1) is 0 Å². The molecule has 0 N–H and O–H groups in total. The Morgan fingerprint density at radius 2 is 1.16 bits per heavy atom. The number of para-hydroxylation sites is 3. The molecule has 0 saturated carbocycles. The molecule has 1 heterocycles. The zero-order valence-corrected chi connectivity index (χ0v) is 24.5. The summed E-state index contributed by atoms with van der Waals surface area (Å²) in [5.74, 6) is 0.890. The summed E-state index contributed by atoms with van der Waals surface area (Å²) in [6.07, 6.45) is 0. The first kappa shape index (κ1) is 26.2. The van der Waals surface area contributed by atoms with Gasteiger partial charge < -0.3 is 7.43 Å². The van der Waals surface area contributed by atoms with Gasteiger partial charge in [0.25, 0.3) is 0 Å². The van der Waals surface area contributed by atoms with Gasteiger partial charge in [-0.1, -0.05) is 0 Å². The number of rotatable bonds is 6. The van der Waals surface area contributed by atoms with Crippen molar-refractivity contribution in [2.75, 3.05) is 0 Å². The molecule has 1 aliphatic rings. The molecule has 2 unspecified atom stereocenters. The SMILES string of the molecule is F[PH]1=NP(Oc2ccccc2)(Oc2ccccc2)=NI(F)(Oc2ccccc2)=N1.[CH3-].[U]. The maximum atomic E-state index is 15.6. The first-order chi connectivity index (χ1) is 14.0. The van der Waals surface area contributed by atoms with Crippen molar-refractivity contribution in [3.05, 3.63) is 98.4 Å². The van der Waals surface area contributed by atoms with Crippen molar-refractivity contribution in [1.29, 1.82) is 0 Å². The molecule has 4 rings (SSSR count). The molecule has 6 nitrogen and oxygen atoms in total. The summed E-state index contributed by atoms with van der Waals surface area (Å²) in [6.45, 7) is 0. The van der Waals surface area contributed by atoms with Crippen LogP contribution in [0.1, 0.15) is 0 Å². The van der Waals surface area contributed by atoms with E-state index in [2.05, 4.69) is 10.4 Å². The van der Waals surface area contributed by atoms with Crippen LogP contribution in [-0.2, 0) is 0 Å². The van der Waals surface area contributed by atoms with Crippen molar-refractivity contribution in [3.63, 3.8) is 0 Å². The van der Waals surface area contributed by atoms with Gasteiger partial charge in [-0.15, -0.1) is 0 Å². The fraction of sp³-hybridized carbons (Fsp3) is 0. The van der Waals surface area contributed by atoms with Crippen LogP contribution in [0.2, 0.25) is 0 Å². The molecule has 0 amide bonds. The molecule has 0 aliphatic carbocycles. The Morgan fingerprint density at radius 3 is 1.61 bits per heavy atom. The van der Waals surface area contributed by atoms with E-state index in [4.69, 9.17) is 12.1 Å². The van der Waals surface area contributed by atoms with Crippen molar-refractivity contribution in [2.45, 2.75) is 0 Å². The van der Waals surface area contributed by atoms with Crippen LogP contribution in [0, 0.1) is 38.5 Å². The van der Waals surface area contributed by atoms with Gasteiger partial charge in [0.1, 0.15) is 0 Å². The molecular weight excluding hydrogens is 783 g/mol. The summed E-state index contributed by atoms with van der Waals surface area (Å²) in [7, 11) is -7.07. The van der Waals surface area contributed by atoms with Gasteiger partial charge in [-0.3, -0.25) is 0 Å². The number of hydrogen-bond donors (Lipinski definition) is 0. The molecule has 1 aliphatic heterocycles. The summed E-state index contributed by atoms with van der Waals surface area (Å²) in [5, 5.41) is 0. The fourth-order valence-electron chi connectivity index (χ4n) is 2.30. The topological polar surface area (TPSA) is 64.8 Å². The third kappa shape index (κ3) is 7.23. The molecule has 164 valence electrons. The fourth-order valence-corrected chi connectivity index (χ4v) is 13.4. The second-order valence-corrected chi connectivity index (χ2v) is 14.1.